The number of carbonyl (C=O) groups excluding carboxylic acids is 1. The molecule has 1 aromatic rings. The van der Waals surface area contributed by atoms with E-state index < -0.39 is 10.2 Å². The van der Waals surface area contributed by atoms with Crippen LogP contribution < -0.4 is 0 Å². The summed E-state index contributed by atoms with van der Waals surface area (Å²) in [6.45, 7) is 8.62. The van der Waals surface area contributed by atoms with Gasteiger partial charge in [0.05, 0.1) is 0 Å². The van der Waals surface area contributed by atoms with Gasteiger partial charge < -0.3 is 4.90 Å². The van der Waals surface area contributed by atoms with Crippen molar-refractivity contribution in [3.8, 4) is 0 Å². The van der Waals surface area contributed by atoms with E-state index in [0.29, 0.717) is 31.7 Å². The Balaban J connectivity index is 1.96. The summed E-state index contributed by atoms with van der Waals surface area (Å²) in [5.41, 5.74) is 1.84. The monoisotopic (exact) mass is 382 g/mol. The molecular formula is C18H30N4O3S. The topological polar surface area (TPSA) is 64.2 Å². The van der Waals surface area contributed by atoms with Gasteiger partial charge in [-0.3, -0.25) is 9.69 Å². The highest BCUT2D eigenvalue weighted by Gasteiger charge is 2.30. The van der Waals surface area contributed by atoms with Crippen molar-refractivity contribution >= 4 is 16.1 Å². The minimum Gasteiger partial charge on any atom is -0.336 e. The van der Waals surface area contributed by atoms with Crippen molar-refractivity contribution in [2.75, 3.05) is 53.4 Å². The third-order valence-electron chi connectivity index (χ3n) is 4.82. The summed E-state index contributed by atoms with van der Waals surface area (Å²) in [5, 5.41) is 0. The first-order valence-electron chi connectivity index (χ1n) is 9.07. The number of hydrogen-bond donors (Lipinski definition) is 0. The van der Waals surface area contributed by atoms with E-state index in [0.717, 1.165) is 19.6 Å². The summed E-state index contributed by atoms with van der Waals surface area (Å²) in [5.74, 6) is -0.0405. The second-order valence-electron chi connectivity index (χ2n) is 6.64. The third kappa shape index (κ3) is 4.82. The molecule has 0 N–H and O–H groups in total. The van der Waals surface area contributed by atoms with Gasteiger partial charge in [0.25, 0.3) is 16.1 Å². The molecule has 0 saturated carbocycles. The van der Waals surface area contributed by atoms with Crippen LogP contribution in [0.25, 0.3) is 0 Å². The van der Waals surface area contributed by atoms with Crippen LogP contribution in [-0.4, -0.2) is 86.1 Å². The molecule has 0 radical (unpaired) electrons. The van der Waals surface area contributed by atoms with Gasteiger partial charge in [0.15, 0.2) is 0 Å². The summed E-state index contributed by atoms with van der Waals surface area (Å²) < 4.78 is 26.9. The number of hydrogen-bond acceptors (Lipinski definition) is 4. The second kappa shape index (κ2) is 8.94. The first kappa shape index (κ1) is 20.8. The Morgan fingerprint density at radius 2 is 1.54 bits per heavy atom. The fraction of sp³-hybridized carbons (Fsp3) is 0.611. The van der Waals surface area contributed by atoms with E-state index in [-0.39, 0.29) is 5.91 Å². The van der Waals surface area contributed by atoms with Gasteiger partial charge in [0.2, 0.25) is 0 Å². The van der Waals surface area contributed by atoms with E-state index in [1.165, 1.54) is 28.3 Å². The summed E-state index contributed by atoms with van der Waals surface area (Å²) in [7, 11) is -0.371. The van der Waals surface area contributed by atoms with Crippen molar-refractivity contribution in [1.29, 1.82) is 0 Å². The van der Waals surface area contributed by atoms with Crippen molar-refractivity contribution in [1.82, 2.24) is 18.4 Å². The van der Waals surface area contributed by atoms with Crippen molar-refractivity contribution in [3.63, 3.8) is 0 Å². The van der Waals surface area contributed by atoms with E-state index in [9.17, 15) is 13.2 Å². The second-order valence-corrected chi connectivity index (χ2v) is 8.78. The maximum absolute atomic E-state index is 12.7. The number of benzene rings is 1. The molecule has 7 nitrogen and oxygen atoms in total. The van der Waals surface area contributed by atoms with Gasteiger partial charge in [0.1, 0.15) is 0 Å². The fourth-order valence-electron chi connectivity index (χ4n) is 2.99. The number of rotatable bonds is 7. The van der Waals surface area contributed by atoms with E-state index in [1.54, 1.807) is 4.90 Å². The molecular weight excluding hydrogens is 352 g/mol. The molecule has 2 rings (SSSR count). The highest BCUT2D eigenvalue weighted by Crippen LogP contribution is 2.14. The molecule has 0 bridgehead atoms. The Bertz CT molecular complexity index is 692. The largest absolute Gasteiger partial charge is 0.336 e. The average molecular weight is 383 g/mol. The molecule has 1 aliphatic rings. The number of carbonyl (C=O) groups is 1. The lowest BCUT2D eigenvalue weighted by Crippen LogP contribution is -2.53. The van der Waals surface area contributed by atoms with E-state index in [1.807, 2.05) is 24.3 Å². The molecule has 1 aromatic carbocycles. The zero-order chi connectivity index (χ0) is 19.3. The van der Waals surface area contributed by atoms with Gasteiger partial charge in [-0.1, -0.05) is 26.0 Å². The van der Waals surface area contributed by atoms with Crippen LogP contribution in [0, 0.1) is 0 Å². The van der Waals surface area contributed by atoms with E-state index >= 15 is 0 Å². The van der Waals surface area contributed by atoms with Crippen molar-refractivity contribution in [2.24, 2.45) is 0 Å². The lowest BCUT2D eigenvalue weighted by atomic mass is 10.1. The summed E-state index contributed by atoms with van der Waals surface area (Å²) in [6, 6.07) is 7.73. The van der Waals surface area contributed by atoms with E-state index in [4.69, 9.17) is 0 Å². The lowest BCUT2D eigenvalue weighted by molar-refractivity contribution is 0.0695. The lowest BCUT2D eigenvalue weighted by Gasteiger charge is -2.35. The molecule has 1 fully saturated rings. The first-order chi connectivity index (χ1) is 12.3. The fourth-order valence-corrected chi connectivity index (χ4v) is 4.08. The molecule has 0 spiro atoms. The summed E-state index contributed by atoms with van der Waals surface area (Å²) in [6.07, 6.45) is 0. The first-order valence-corrected chi connectivity index (χ1v) is 10.5. The molecule has 1 saturated heterocycles. The molecule has 1 aliphatic heterocycles. The average Bonchev–Trinajstić information content (AvgIpc) is 2.66. The maximum Gasteiger partial charge on any atom is 0.281 e. The molecule has 1 amide bonds. The predicted octanol–water partition coefficient (Wildman–Crippen LogP) is 1.09. The zero-order valence-corrected chi connectivity index (χ0v) is 17.0. The molecule has 8 heteroatoms. The van der Waals surface area contributed by atoms with Crippen LogP contribution >= 0.6 is 0 Å². The van der Waals surface area contributed by atoms with Crippen LogP contribution in [0.15, 0.2) is 24.3 Å². The standard InChI is InChI=1S/C18H30N4O3S/c1-5-20(6-2)15-16-7-9-17(10-8-16)18(23)21-11-13-22(14-12-21)26(24,25)19(3)4/h7-10H,5-6,11-15H2,1-4H3. The molecule has 0 aromatic heterocycles. The van der Waals surface area contributed by atoms with Gasteiger partial charge >= 0.3 is 0 Å². The number of nitrogens with zero attached hydrogens (tertiary/aromatic N) is 4. The number of piperazine rings is 1. The molecule has 1 heterocycles. The normalized spacial score (nSPS) is 16.5. The Hall–Kier alpha value is -1.48. The summed E-state index contributed by atoms with van der Waals surface area (Å²) in [4.78, 5) is 16.7. The maximum atomic E-state index is 12.7. The Kier molecular flexibility index (Phi) is 7.16. The Morgan fingerprint density at radius 1 is 1.00 bits per heavy atom. The van der Waals surface area contributed by atoms with Crippen molar-refractivity contribution in [2.45, 2.75) is 20.4 Å². The molecule has 146 valence electrons. The Morgan fingerprint density at radius 3 is 2.00 bits per heavy atom. The molecule has 0 aliphatic carbocycles. The highest BCUT2D eigenvalue weighted by molar-refractivity contribution is 7.86. The Labute approximate surface area is 157 Å². The third-order valence-corrected chi connectivity index (χ3v) is 6.76. The van der Waals surface area contributed by atoms with Gasteiger partial charge in [-0.15, -0.1) is 0 Å². The van der Waals surface area contributed by atoms with Gasteiger partial charge in [-0.25, -0.2) is 0 Å². The van der Waals surface area contributed by atoms with Gasteiger partial charge in [-0.2, -0.15) is 17.0 Å². The molecule has 26 heavy (non-hydrogen) atoms. The van der Waals surface area contributed by atoms with Crippen molar-refractivity contribution < 1.29 is 13.2 Å². The van der Waals surface area contributed by atoms with Crippen LogP contribution in [0.5, 0.6) is 0 Å². The van der Waals surface area contributed by atoms with E-state index in [2.05, 4.69) is 18.7 Å². The smallest absolute Gasteiger partial charge is 0.281 e. The van der Waals surface area contributed by atoms with Crippen LogP contribution in [0.3, 0.4) is 0 Å². The van der Waals surface area contributed by atoms with Crippen LogP contribution in [-0.2, 0) is 16.8 Å². The van der Waals surface area contributed by atoms with Gasteiger partial charge in [-0.05, 0) is 30.8 Å². The van der Waals surface area contributed by atoms with Crippen LogP contribution in [0.1, 0.15) is 29.8 Å². The van der Waals surface area contributed by atoms with Crippen molar-refractivity contribution in [3.05, 3.63) is 35.4 Å². The summed E-state index contributed by atoms with van der Waals surface area (Å²) >= 11 is 0. The molecule has 0 atom stereocenters. The van der Waals surface area contributed by atoms with Gasteiger partial charge in [0, 0.05) is 52.4 Å². The number of amides is 1. The quantitative estimate of drug-likeness (QED) is 0.708. The van der Waals surface area contributed by atoms with Crippen LogP contribution in [0.4, 0.5) is 0 Å². The minimum absolute atomic E-state index is 0.0405. The zero-order valence-electron chi connectivity index (χ0n) is 16.2. The highest BCUT2D eigenvalue weighted by atomic mass is 32.2. The minimum atomic E-state index is -3.41. The predicted molar refractivity (Wildman–Crippen MR) is 103 cm³/mol. The SMILES string of the molecule is CCN(CC)Cc1ccc(C(=O)N2CCN(S(=O)(=O)N(C)C)CC2)cc1. The van der Waals surface area contributed by atoms with Crippen LogP contribution in [0.2, 0.25) is 0 Å². The molecule has 0 unspecified atom stereocenters.